The number of ether oxygens (including phenoxy) is 1. The van der Waals surface area contributed by atoms with Crippen LogP contribution in [0.1, 0.15) is 46.0 Å². The third-order valence-electron chi connectivity index (χ3n) is 8.47. The van der Waals surface area contributed by atoms with Gasteiger partial charge in [-0.2, -0.15) is 0 Å². The SMILES string of the molecule is C=C1C(=O)C23C(O)C1CCC2C1OC(O)(C2C1CCCC2(C)C)C3O. The summed E-state index contributed by atoms with van der Waals surface area (Å²) in [5.41, 5.74) is -1.10. The molecule has 138 valence electrons. The van der Waals surface area contributed by atoms with Crippen molar-refractivity contribution in [2.24, 2.45) is 34.5 Å². The van der Waals surface area contributed by atoms with Crippen LogP contribution in [0.4, 0.5) is 0 Å². The monoisotopic (exact) mass is 348 g/mol. The highest BCUT2D eigenvalue weighted by atomic mass is 16.7. The first kappa shape index (κ1) is 16.4. The van der Waals surface area contributed by atoms with Gasteiger partial charge in [0.25, 0.3) is 0 Å². The van der Waals surface area contributed by atoms with Crippen molar-refractivity contribution in [1.82, 2.24) is 0 Å². The second kappa shape index (κ2) is 4.56. The van der Waals surface area contributed by atoms with E-state index in [4.69, 9.17) is 4.74 Å². The van der Waals surface area contributed by atoms with Crippen LogP contribution in [0.3, 0.4) is 0 Å². The molecule has 0 aromatic heterocycles. The standard InChI is InChI=1S/C20H28O5/c1-9-10-6-7-12-13-11-5-4-8-18(2,3)14(11)20(24,25-13)17(23)19(12,15(9)21)16(10)22/h10-14,16-17,22-24H,1,4-8H2,2-3H3. The Hall–Kier alpha value is -0.750. The van der Waals surface area contributed by atoms with Gasteiger partial charge in [-0.3, -0.25) is 4.79 Å². The van der Waals surface area contributed by atoms with Gasteiger partial charge in [0.05, 0.1) is 17.6 Å². The summed E-state index contributed by atoms with van der Waals surface area (Å²) in [7, 11) is 0. The van der Waals surface area contributed by atoms with Crippen molar-refractivity contribution in [3.63, 3.8) is 0 Å². The summed E-state index contributed by atoms with van der Waals surface area (Å²) in [6.07, 6.45) is 1.74. The van der Waals surface area contributed by atoms with Crippen LogP contribution in [0, 0.1) is 34.5 Å². The summed E-state index contributed by atoms with van der Waals surface area (Å²) in [4.78, 5) is 13.2. The number of Topliss-reactive ketones (excluding diaryl/α,β-unsaturated/α-hetero) is 1. The normalized spacial score (nSPS) is 58.8. The summed E-state index contributed by atoms with van der Waals surface area (Å²) >= 11 is 0. The largest absolute Gasteiger partial charge is 0.391 e. The molecular formula is C20H28O5. The van der Waals surface area contributed by atoms with E-state index in [1.807, 2.05) is 0 Å². The fourth-order valence-corrected chi connectivity index (χ4v) is 7.60. The molecule has 2 saturated heterocycles. The Bertz CT molecular complexity index is 671. The number of hydrogen-bond donors (Lipinski definition) is 3. The predicted octanol–water partition coefficient (Wildman–Crippen LogP) is 1.40. The maximum absolute atomic E-state index is 13.2. The highest BCUT2D eigenvalue weighted by Crippen LogP contribution is 2.70. The van der Waals surface area contributed by atoms with E-state index in [0.29, 0.717) is 12.0 Å². The van der Waals surface area contributed by atoms with Gasteiger partial charge in [0.2, 0.25) is 0 Å². The highest BCUT2D eigenvalue weighted by molar-refractivity contribution is 6.04. The summed E-state index contributed by atoms with van der Waals surface area (Å²) in [6.45, 7) is 8.16. The van der Waals surface area contributed by atoms with Gasteiger partial charge in [-0.1, -0.05) is 26.8 Å². The molecule has 0 aromatic carbocycles. The fraction of sp³-hybridized carbons (Fsp3) is 0.850. The summed E-state index contributed by atoms with van der Waals surface area (Å²) in [5.74, 6) is -2.65. The molecule has 3 saturated carbocycles. The van der Waals surface area contributed by atoms with Crippen LogP contribution in [0.15, 0.2) is 12.2 Å². The molecule has 4 bridgehead atoms. The van der Waals surface area contributed by atoms with Crippen molar-refractivity contribution in [3.05, 3.63) is 12.2 Å². The molecule has 25 heavy (non-hydrogen) atoms. The number of ketones is 1. The molecule has 0 aromatic rings. The lowest BCUT2D eigenvalue weighted by atomic mass is 9.58. The molecule has 2 aliphatic heterocycles. The zero-order valence-electron chi connectivity index (χ0n) is 14.9. The Labute approximate surface area is 148 Å². The average Bonchev–Trinajstić information content (AvgIpc) is 2.88. The minimum Gasteiger partial charge on any atom is -0.391 e. The number of fused-ring (bicyclic) bond motifs is 7. The average molecular weight is 348 g/mol. The second-order valence-corrected chi connectivity index (χ2v) is 9.78. The molecule has 9 unspecified atom stereocenters. The van der Waals surface area contributed by atoms with Crippen LogP contribution in [0.2, 0.25) is 0 Å². The van der Waals surface area contributed by atoms with Crippen LogP contribution in [-0.2, 0) is 9.53 Å². The number of hydrogen-bond acceptors (Lipinski definition) is 5. The van der Waals surface area contributed by atoms with Crippen molar-refractivity contribution in [3.8, 4) is 0 Å². The number of carbonyl (C=O) groups is 1. The zero-order chi connectivity index (χ0) is 17.9. The first-order valence-electron chi connectivity index (χ1n) is 9.67. The zero-order valence-corrected chi connectivity index (χ0v) is 14.9. The lowest BCUT2D eigenvalue weighted by Crippen LogP contribution is -2.69. The van der Waals surface area contributed by atoms with Gasteiger partial charge in [0.1, 0.15) is 6.10 Å². The molecule has 0 amide bonds. The Balaban J connectivity index is 1.72. The minimum absolute atomic E-state index is 0.123. The van der Waals surface area contributed by atoms with E-state index < -0.39 is 23.4 Å². The first-order chi connectivity index (χ1) is 11.7. The number of rotatable bonds is 0. The molecule has 5 aliphatic rings. The van der Waals surface area contributed by atoms with Crippen LogP contribution in [0.5, 0.6) is 0 Å². The molecule has 5 nitrogen and oxygen atoms in total. The first-order valence-corrected chi connectivity index (χ1v) is 9.67. The van der Waals surface area contributed by atoms with Crippen molar-refractivity contribution < 1.29 is 24.9 Å². The Morgan fingerprint density at radius 2 is 1.92 bits per heavy atom. The molecule has 2 heterocycles. The molecule has 5 rings (SSSR count). The van der Waals surface area contributed by atoms with Gasteiger partial charge in [-0.05, 0) is 42.6 Å². The van der Waals surface area contributed by atoms with Gasteiger partial charge in [0.15, 0.2) is 11.6 Å². The molecular weight excluding hydrogens is 320 g/mol. The van der Waals surface area contributed by atoms with Crippen LogP contribution in [-0.4, -0.2) is 45.2 Å². The van der Waals surface area contributed by atoms with E-state index in [1.165, 1.54) is 0 Å². The maximum Gasteiger partial charge on any atom is 0.197 e. The van der Waals surface area contributed by atoms with Gasteiger partial charge >= 0.3 is 0 Å². The summed E-state index contributed by atoms with van der Waals surface area (Å²) < 4.78 is 6.14. The van der Waals surface area contributed by atoms with E-state index in [9.17, 15) is 20.1 Å². The topological polar surface area (TPSA) is 87.0 Å². The summed E-state index contributed by atoms with van der Waals surface area (Å²) in [6, 6.07) is 0. The predicted molar refractivity (Wildman–Crippen MR) is 89.2 cm³/mol. The molecule has 3 aliphatic carbocycles. The quantitative estimate of drug-likeness (QED) is 0.576. The third kappa shape index (κ3) is 1.55. The smallest absolute Gasteiger partial charge is 0.197 e. The maximum atomic E-state index is 13.2. The molecule has 5 fully saturated rings. The van der Waals surface area contributed by atoms with Gasteiger partial charge < -0.3 is 20.1 Å². The molecule has 1 spiro atoms. The van der Waals surface area contributed by atoms with Gasteiger partial charge in [-0.15, -0.1) is 0 Å². The lowest BCUT2D eigenvalue weighted by Gasteiger charge is -2.55. The van der Waals surface area contributed by atoms with Gasteiger partial charge in [-0.25, -0.2) is 0 Å². The molecule has 9 atom stereocenters. The number of aliphatic hydroxyl groups excluding tert-OH is 2. The van der Waals surface area contributed by atoms with Crippen molar-refractivity contribution in [1.29, 1.82) is 0 Å². The minimum atomic E-state index is -1.76. The van der Waals surface area contributed by atoms with Gasteiger partial charge in [0, 0.05) is 17.8 Å². The lowest BCUT2D eigenvalue weighted by molar-refractivity contribution is -0.347. The fourth-order valence-electron chi connectivity index (χ4n) is 7.60. The van der Waals surface area contributed by atoms with E-state index in [1.54, 1.807) is 0 Å². The van der Waals surface area contributed by atoms with E-state index >= 15 is 0 Å². The van der Waals surface area contributed by atoms with E-state index in [-0.39, 0.29) is 41.0 Å². The van der Waals surface area contributed by atoms with Crippen molar-refractivity contribution in [2.75, 3.05) is 0 Å². The second-order valence-electron chi connectivity index (χ2n) is 9.78. The number of aliphatic hydroxyl groups is 3. The van der Waals surface area contributed by atoms with Crippen LogP contribution < -0.4 is 0 Å². The molecule has 0 radical (unpaired) electrons. The van der Waals surface area contributed by atoms with Crippen molar-refractivity contribution in [2.45, 2.75) is 70.1 Å². The summed E-state index contributed by atoms with van der Waals surface area (Å²) in [5, 5.41) is 33.9. The van der Waals surface area contributed by atoms with E-state index in [2.05, 4.69) is 20.4 Å². The van der Waals surface area contributed by atoms with Crippen molar-refractivity contribution >= 4 is 5.78 Å². The third-order valence-corrected chi connectivity index (χ3v) is 8.47. The highest BCUT2D eigenvalue weighted by Gasteiger charge is 2.80. The number of carbonyl (C=O) groups excluding carboxylic acids is 1. The molecule has 3 N–H and O–H groups in total. The Kier molecular flexibility index (Phi) is 2.99. The van der Waals surface area contributed by atoms with Crippen LogP contribution >= 0.6 is 0 Å². The molecule has 5 heteroatoms. The van der Waals surface area contributed by atoms with E-state index in [0.717, 1.165) is 25.7 Å². The Morgan fingerprint density at radius 3 is 2.64 bits per heavy atom. The Morgan fingerprint density at radius 1 is 1.20 bits per heavy atom. The van der Waals surface area contributed by atoms with Crippen LogP contribution in [0.25, 0.3) is 0 Å².